The summed E-state index contributed by atoms with van der Waals surface area (Å²) in [5.74, 6) is 1.36. The first-order chi connectivity index (χ1) is 9.72. The molecule has 4 nitrogen and oxygen atoms in total. The second kappa shape index (κ2) is 5.54. The summed E-state index contributed by atoms with van der Waals surface area (Å²) in [7, 11) is 0. The van der Waals surface area contributed by atoms with Crippen LogP contribution in [0.2, 0.25) is 0 Å². The van der Waals surface area contributed by atoms with Crippen molar-refractivity contribution >= 4 is 21.8 Å². The van der Waals surface area contributed by atoms with Crippen molar-refractivity contribution in [3.8, 4) is 11.5 Å². The van der Waals surface area contributed by atoms with Crippen LogP contribution in [0.15, 0.2) is 46.9 Å². The lowest BCUT2D eigenvalue weighted by Gasteiger charge is -2.06. The van der Waals surface area contributed by atoms with Gasteiger partial charge in [-0.3, -0.25) is 4.79 Å². The molecule has 1 N–H and O–H groups in total. The van der Waals surface area contributed by atoms with E-state index in [1.165, 1.54) is 0 Å². The fraction of sp³-hybridized carbons (Fsp3) is 0.133. The molecule has 1 heterocycles. The van der Waals surface area contributed by atoms with Gasteiger partial charge in [0.25, 0.3) is 5.91 Å². The third kappa shape index (κ3) is 2.77. The summed E-state index contributed by atoms with van der Waals surface area (Å²) in [5, 5.41) is 2.88. The Morgan fingerprint density at radius 3 is 2.85 bits per heavy atom. The van der Waals surface area contributed by atoms with Crippen LogP contribution in [-0.2, 0) is 6.54 Å². The van der Waals surface area contributed by atoms with E-state index in [-0.39, 0.29) is 12.7 Å². The highest BCUT2D eigenvalue weighted by molar-refractivity contribution is 9.10. The summed E-state index contributed by atoms with van der Waals surface area (Å²) in [6.07, 6.45) is 0. The first kappa shape index (κ1) is 13.0. The van der Waals surface area contributed by atoms with Crippen LogP contribution in [-0.4, -0.2) is 12.7 Å². The van der Waals surface area contributed by atoms with Gasteiger partial charge in [0.05, 0.1) is 0 Å². The first-order valence-electron chi connectivity index (χ1n) is 6.15. The molecule has 102 valence electrons. The van der Waals surface area contributed by atoms with Gasteiger partial charge in [0.15, 0.2) is 11.5 Å². The van der Waals surface area contributed by atoms with Crippen molar-refractivity contribution in [1.29, 1.82) is 0 Å². The van der Waals surface area contributed by atoms with Crippen LogP contribution in [0.4, 0.5) is 0 Å². The summed E-state index contributed by atoms with van der Waals surface area (Å²) in [6, 6.07) is 12.9. The van der Waals surface area contributed by atoms with Crippen molar-refractivity contribution in [2.75, 3.05) is 6.79 Å². The zero-order valence-corrected chi connectivity index (χ0v) is 12.1. The number of benzene rings is 2. The molecule has 0 aromatic heterocycles. The molecule has 2 aromatic carbocycles. The number of ether oxygens (including phenoxy) is 2. The van der Waals surface area contributed by atoms with Gasteiger partial charge in [-0.2, -0.15) is 0 Å². The molecule has 0 saturated heterocycles. The van der Waals surface area contributed by atoms with Crippen LogP contribution in [0.5, 0.6) is 11.5 Å². The van der Waals surface area contributed by atoms with Crippen molar-refractivity contribution in [2.24, 2.45) is 0 Å². The number of nitrogens with one attached hydrogen (secondary N) is 1. The molecule has 0 fully saturated rings. The number of amides is 1. The zero-order chi connectivity index (χ0) is 13.9. The van der Waals surface area contributed by atoms with Crippen LogP contribution >= 0.6 is 15.9 Å². The van der Waals surface area contributed by atoms with Crippen LogP contribution in [0, 0.1) is 0 Å². The van der Waals surface area contributed by atoms with E-state index in [1.54, 1.807) is 12.1 Å². The fourth-order valence-electron chi connectivity index (χ4n) is 1.97. The Morgan fingerprint density at radius 1 is 1.15 bits per heavy atom. The molecule has 3 rings (SSSR count). The van der Waals surface area contributed by atoms with Crippen LogP contribution < -0.4 is 14.8 Å². The van der Waals surface area contributed by atoms with Gasteiger partial charge in [0, 0.05) is 16.6 Å². The SMILES string of the molecule is O=C(NCc1ccc2c(c1)OCO2)c1cccc(Br)c1. The molecule has 0 spiro atoms. The molecule has 0 atom stereocenters. The summed E-state index contributed by atoms with van der Waals surface area (Å²) in [5.41, 5.74) is 1.60. The van der Waals surface area contributed by atoms with Crippen molar-refractivity contribution in [3.05, 3.63) is 58.1 Å². The Kier molecular flexibility index (Phi) is 3.60. The molecule has 0 aliphatic carbocycles. The summed E-state index contributed by atoms with van der Waals surface area (Å²) in [4.78, 5) is 12.0. The average Bonchev–Trinajstić information content (AvgIpc) is 2.92. The lowest BCUT2D eigenvalue weighted by molar-refractivity contribution is 0.0950. The predicted molar refractivity (Wildman–Crippen MR) is 77.9 cm³/mol. The molecule has 2 aromatic rings. The molecule has 20 heavy (non-hydrogen) atoms. The Hall–Kier alpha value is -2.01. The quantitative estimate of drug-likeness (QED) is 0.938. The van der Waals surface area contributed by atoms with E-state index in [1.807, 2.05) is 30.3 Å². The zero-order valence-electron chi connectivity index (χ0n) is 10.6. The predicted octanol–water partition coefficient (Wildman–Crippen LogP) is 3.11. The van der Waals surface area contributed by atoms with Crippen molar-refractivity contribution in [2.45, 2.75) is 6.54 Å². The number of halogens is 1. The van der Waals surface area contributed by atoms with Crippen LogP contribution in [0.3, 0.4) is 0 Å². The maximum Gasteiger partial charge on any atom is 0.251 e. The van der Waals surface area contributed by atoms with Crippen LogP contribution in [0.25, 0.3) is 0 Å². The Morgan fingerprint density at radius 2 is 2.00 bits per heavy atom. The van der Waals surface area contributed by atoms with E-state index in [4.69, 9.17) is 9.47 Å². The van der Waals surface area contributed by atoms with E-state index in [0.717, 1.165) is 21.5 Å². The molecule has 0 bridgehead atoms. The number of carbonyl (C=O) groups is 1. The van der Waals surface area contributed by atoms with Gasteiger partial charge in [-0.15, -0.1) is 0 Å². The largest absolute Gasteiger partial charge is 0.454 e. The molecule has 5 heteroatoms. The third-order valence-electron chi connectivity index (χ3n) is 2.98. The van der Waals surface area contributed by atoms with Gasteiger partial charge in [0.1, 0.15) is 0 Å². The highest BCUT2D eigenvalue weighted by Crippen LogP contribution is 2.32. The second-order valence-corrected chi connectivity index (χ2v) is 5.30. The average molecular weight is 334 g/mol. The van der Waals surface area contributed by atoms with Crippen molar-refractivity contribution < 1.29 is 14.3 Å². The van der Waals surface area contributed by atoms with Gasteiger partial charge >= 0.3 is 0 Å². The lowest BCUT2D eigenvalue weighted by atomic mass is 10.2. The molecule has 1 aliphatic heterocycles. The third-order valence-corrected chi connectivity index (χ3v) is 3.47. The maximum absolute atomic E-state index is 12.0. The van der Waals surface area contributed by atoms with Gasteiger partial charge in [0.2, 0.25) is 6.79 Å². The maximum atomic E-state index is 12.0. The number of carbonyl (C=O) groups excluding carboxylic acids is 1. The van der Waals surface area contributed by atoms with E-state index >= 15 is 0 Å². The van der Waals surface area contributed by atoms with Crippen LogP contribution in [0.1, 0.15) is 15.9 Å². The Bertz CT molecular complexity index is 657. The van der Waals surface area contributed by atoms with Gasteiger partial charge < -0.3 is 14.8 Å². The molecule has 0 unspecified atom stereocenters. The molecule has 0 saturated carbocycles. The first-order valence-corrected chi connectivity index (χ1v) is 6.94. The normalized spacial score (nSPS) is 12.2. The molecular formula is C15H12BrNO3. The number of rotatable bonds is 3. The number of hydrogen-bond acceptors (Lipinski definition) is 3. The molecule has 1 aliphatic rings. The van der Waals surface area contributed by atoms with Gasteiger partial charge in [-0.05, 0) is 35.9 Å². The van der Waals surface area contributed by atoms with Crippen molar-refractivity contribution in [3.63, 3.8) is 0 Å². The minimum atomic E-state index is -0.107. The van der Waals surface area contributed by atoms with Gasteiger partial charge in [-0.25, -0.2) is 0 Å². The van der Waals surface area contributed by atoms with Crippen molar-refractivity contribution in [1.82, 2.24) is 5.32 Å². The van der Waals surface area contributed by atoms with E-state index < -0.39 is 0 Å². The Labute approximate surface area is 124 Å². The summed E-state index contributed by atoms with van der Waals surface area (Å²) in [6.45, 7) is 0.700. The monoisotopic (exact) mass is 333 g/mol. The number of hydrogen-bond donors (Lipinski definition) is 1. The molecular weight excluding hydrogens is 322 g/mol. The lowest BCUT2D eigenvalue weighted by Crippen LogP contribution is -2.22. The Balaban J connectivity index is 1.66. The van der Waals surface area contributed by atoms with E-state index in [2.05, 4.69) is 21.2 Å². The van der Waals surface area contributed by atoms with Gasteiger partial charge in [-0.1, -0.05) is 28.1 Å². The molecule has 1 amide bonds. The molecule has 0 radical (unpaired) electrons. The standard InChI is InChI=1S/C15H12BrNO3/c16-12-3-1-2-11(7-12)15(18)17-8-10-4-5-13-14(6-10)20-9-19-13/h1-7H,8-9H2,(H,17,18). The highest BCUT2D eigenvalue weighted by atomic mass is 79.9. The second-order valence-electron chi connectivity index (χ2n) is 4.38. The highest BCUT2D eigenvalue weighted by Gasteiger charge is 2.13. The van der Waals surface area contributed by atoms with E-state index in [9.17, 15) is 4.79 Å². The topological polar surface area (TPSA) is 47.6 Å². The smallest absolute Gasteiger partial charge is 0.251 e. The fourth-order valence-corrected chi connectivity index (χ4v) is 2.36. The van der Waals surface area contributed by atoms with E-state index in [0.29, 0.717) is 12.1 Å². The summed E-state index contributed by atoms with van der Waals surface area (Å²) < 4.78 is 11.4. The summed E-state index contributed by atoms with van der Waals surface area (Å²) >= 11 is 3.35. The number of fused-ring (bicyclic) bond motifs is 1. The minimum Gasteiger partial charge on any atom is -0.454 e. The minimum absolute atomic E-state index is 0.107.